The van der Waals surface area contributed by atoms with Crippen LogP contribution in [0.1, 0.15) is 61.0 Å². The number of fused-ring (bicyclic) bond motifs is 1. The molecule has 29 heavy (non-hydrogen) atoms. The zero-order valence-corrected chi connectivity index (χ0v) is 20.7. The Kier molecular flexibility index (Phi) is 7.33. The van der Waals surface area contributed by atoms with E-state index >= 15 is 0 Å². The van der Waals surface area contributed by atoms with Crippen LogP contribution in [0.5, 0.6) is 23.0 Å². The molecule has 0 spiro atoms. The molecule has 0 unspecified atom stereocenters. The highest BCUT2D eigenvalue weighted by molar-refractivity contribution is 6.78. The lowest BCUT2D eigenvalue weighted by Crippen LogP contribution is -2.50. The second-order valence-corrected chi connectivity index (χ2v) is 14.5. The first-order valence-electron chi connectivity index (χ1n) is 10.4. The molecule has 0 bridgehead atoms. The summed E-state index contributed by atoms with van der Waals surface area (Å²) in [6.07, 6.45) is 4.05. The summed E-state index contributed by atoms with van der Waals surface area (Å²) in [6.45, 7) is 17.7. The van der Waals surface area contributed by atoms with Crippen molar-refractivity contribution in [2.75, 3.05) is 21.0 Å². The SMILES string of the molecule is COCOc1c(O[Si](C(C)C)(C(C)C)C(C)C)cc(OC)c2c1OC(C)(C)C=C2. The van der Waals surface area contributed by atoms with Crippen LogP contribution in [0.4, 0.5) is 0 Å². The summed E-state index contributed by atoms with van der Waals surface area (Å²) in [5.41, 5.74) is 1.69. The monoisotopic (exact) mass is 422 g/mol. The zero-order valence-electron chi connectivity index (χ0n) is 19.7. The van der Waals surface area contributed by atoms with Gasteiger partial charge in [0.15, 0.2) is 18.3 Å². The van der Waals surface area contributed by atoms with E-state index in [-0.39, 0.29) is 6.79 Å². The van der Waals surface area contributed by atoms with Gasteiger partial charge in [-0.3, -0.25) is 0 Å². The fourth-order valence-electron chi connectivity index (χ4n) is 4.49. The van der Waals surface area contributed by atoms with Crippen LogP contribution in [0.3, 0.4) is 0 Å². The first kappa shape index (κ1) is 23.6. The van der Waals surface area contributed by atoms with Crippen LogP contribution in [0.25, 0.3) is 6.08 Å². The summed E-state index contributed by atoms with van der Waals surface area (Å²) in [5.74, 6) is 2.61. The molecule has 0 atom stereocenters. The first-order chi connectivity index (χ1) is 13.5. The van der Waals surface area contributed by atoms with Gasteiger partial charge < -0.3 is 23.4 Å². The van der Waals surface area contributed by atoms with Crippen molar-refractivity contribution < 1.29 is 23.4 Å². The van der Waals surface area contributed by atoms with Crippen molar-refractivity contribution in [2.45, 2.75) is 77.6 Å². The van der Waals surface area contributed by atoms with Crippen molar-refractivity contribution >= 4 is 14.4 Å². The molecule has 5 nitrogen and oxygen atoms in total. The number of hydrogen-bond donors (Lipinski definition) is 0. The normalized spacial score (nSPS) is 15.5. The van der Waals surface area contributed by atoms with Crippen LogP contribution in [-0.4, -0.2) is 34.9 Å². The highest BCUT2D eigenvalue weighted by atomic mass is 28.4. The molecule has 1 aliphatic heterocycles. The highest BCUT2D eigenvalue weighted by Gasteiger charge is 2.48. The standard InChI is InChI=1S/C23H38O5Si/c1-15(2)29(16(3)4,17(5)6)28-20-13-19(25-10)18-11-12-23(7,8)27-21(18)22(20)26-14-24-9/h11-13,15-17H,14H2,1-10H3. The predicted molar refractivity (Wildman–Crippen MR) is 121 cm³/mol. The van der Waals surface area contributed by atoms with Gasteiger partial charge in [-0.1, -0.05) is 41.5 Å². The Morgan fingerprint density at radius 3 is 2.03 bits per heavy atom. The summed E-state index contributed by atoms with van der Waals surface area (Å²) in [6, 6.07) is 1.94. The van der Waals surface area contributed by atoms with Gasteiger partial charge in [0, 0.05) is 13.2 Å². The summed E-state index contributed by atoms with van der Waals surface area (Å²) >= 11 is 0. The summed E-state index contributed by atoms with van der Waals surface area (Å²) in [7, 11) is 1.07. The zero-order chi connectivity index (χ0) is 22.0. The van der Waals surface area contributed by atoms with Crippen LogP contribution in [0.15, 0.2) is 12.1 Å². The molecule has 2 rings (SSSR count). The molecule has 1 aliphatic rings. The molecule has 1 heterocycles. The van der Waals surface area contributed by atoms with Crippen molar-refractivity contribution in [1.82, 2.24) is 0 Å². The third-order valence-electron chi connectivity index (χ3n) is 5.75. The fraction of sp³-hybridized carbons (Fsp3) is 0.652. The lowest BCUT2D eigenvalue weighted by Gasteiger charge is -2.43. The van der Waals surface area contributed by atoms with E-state index in [0.717, 1.165) is 5.56 Å². The number of methoxy groups -OCH3 is 2. The topological polar surface area (TPSA) is 46.2 Å². The van der Waals surface area contributed by atoms with Gasteiger partial charge in [-0.25, -0.2) is 0 Å². The van der Waals surface area contributed by atoms with Crippen molar-refractivity contribution in [3.8, 4) is 23.0 Å². The van der Waals surface area contributed by atoms with Crippen molar-refractivity contribution in [2.24, 2.45) is 0 Å². The number of ether oxygens (including phenoxy) is 4. The minimum absolute atomic E-state index is 0.113. The van der Waals surface area contributed by atoms with E-state index in [1.54, 1.807) is 14.2 Å². The summed E-state index contributed by atoms with van der Waals surface area (Å²) in [5, 5.41) is 0. The van der Waals surface area contributed by atoms with E-state index in [9.17, 15) is 0 Å². The molecule has 0 radical (unpaired) electrons. The molecule has 0 aliphatic carbocycles. The smallest absolute Gasteiger partial charge is 0.258 e. The van der Waals surface area contributed by atoms with E-state index in [2.05, 4.69) is 41.5 Å². The minimum Gasteiger partial charge on any atom is -0.540 e. The molecular weight excluding hydrogens is 384 g/mol. The van der Waals surface area contributed by atoms with Crippen LogP contribution in [0.2, 0.25) is 16.6 Å². The van der Waals surface area contributed by atoms with Gasteiger partial charge in [-0.05, 0) is 42.6 Å². The van der Waals surface area contributed by atoms with Gasteiger partial charge in [-0.15, -0.1) is 0 Å². The summed E-state index contributed by atoms with van der Waals surface area (Å²) in [4.78, 5) is 0. The Hall–Kier alpha value is -1.66. The average Bonchev–Trinajstić information content (AvgIpc) is 2.62. The van der Waals surface area contributed by atoms with E-state index in [1.165, 1.54) is 0 Å². The molecule has 0 saturated heterocycles. The maximum atomic E-state index is 6.97. The maximum Gasteiger partial charge on any atom is 0.258 e. The quantitative estimate of drug-likeness (QED) is 0.339. The fourth-order valence-corrected chi connectivity index (χ4v) is 9.73. The van der Waals surface area contributed by atoms with Crippen LogP contribution in [0, 0.1) is 0 Å². The number of benzene rings is 1. The Labute approximate surface area is 177 Å². The molecule has 1 aromatic rings. The molecule has 0 aromatic heterocycles. The molecule has 164 valence electrons. The molecule has 0 N–H and O–H groups in total. The van der Waals surface area contributed by atoms with Gasteiger partial charge in [0.05, 0.1) is 12.7 Å². The Morgan fingerprint density at radius 1 is 0.966 bits per heavy atom. The van der Waals surface area contributed by atoms with Crippen molar-refractivity contribution in [3.05, 3.63) is 17.7 Å². The predicted octanol–water partition coefficient (Wildman–Crippen LogP) is 6.42. The largest absolute Gasteiger partial charge is 0.540 e. The van der Waals surface area contributed by atoms with Gasteiger partial charge in [0.1, 0.15) is 11.4 Å². The van der Waals surface area contributed by atoms with E-state index in [1.807, 2.05) is 32.1 Å². The molecule has 0 amide bonds. The third kappa shape index (κ3) is 4.58. The maximum absolute atomic E-state index is 6.97. The third-order valence-corrected chi connectivity index (χ3v) is 11.7. The first-order valence-corrected chi connectivity index (χ1v) is 12.6. The molecule has 1 aromatic carbocycles. The van der Waals surface area contributed by atoms with Crippen LogP contribution >= 0.6 is 0 Å². The van der Waals surface area contributed by atoms with Gasteiger partial charge in [-0.2, -0.15) is 0 Å². The Bertz CT molecular complexity index is 715. The second-order valence-electron chi connectivity index (χ2n) is 9.16. The van der Waals surface area contributed by atoms with Gasteiger partial charge in [0.25, 0.3) is 8.32 Å². The molecule has 0 fully saturated rings. The van der Waals surface area contributed by atoms with Crippen molar-refractivity contribution in [3.63, 3.8) is 0 Å². The Balaban J connectivity index is 2.71. The molecule has 0 saturated carbocycles. The van der Waals surface area contributed by atoms with E-state index in [4.69, 9.17) is 23.4 Å². The lowest BCUT2D eigenvalue weighted by atomic mass is 10.0. The summed E-state index contributed by atoms with van der Waals surface area (Å²) < 4.78 is 30.2. The van der Waals surface area contributed by atoms with Crippen LogP contribution in [-0.2, 0) is 4.74 Å². The van der Waals surface area contributed by atoms with Gasteiger partial charge in [0.2, 0.25) is 5.75 Å². The van der Waals surface area contributed by atoms with Gasteiger partial charge >= 0.3 is 0 Å². The van der Waals surface area contributed by atoms with E-state index in [0.29, 0.717) is 39.6 Å². The number of rotatable bonds is 9. The van der Waals surface area contributed by atoms with E-state index < -0.39 is 13.9 Å². The lowest BCUT2D eigenvalue weighted by molar-refractivity contribution is 0.0437. The Morgan fingerprint density at radius 2 is 1.55 bits per heavy atom. The highest BCUT2D eigenvalue weighted by Crippen LogP contribution is 2.52. The molecule has 6 heteroatoms. The van der Waals surface area contributed by atoms with Crippen LogP contribution < -0.4 is 18.6 Å². The average molecular weight is 423 g/mol. The second kappa shape index (κ2) is 9.00. The molecular formula is C23H38O5Si. The number of hydrogen-bond acceptors (Lipinski definition) is 5. The van der Waals surface area contributed by atoms with Crippen molar-refractivity contribution in [1.29, 1.82) is 0 Å². The minimum atomic E-state index is -2.21.